The summed E-state index contributed by atoms with van der Waals surface area (Å²) in [6.45, 7) is 1.48. The number of nitrogens with one attached hydrogen (secondary N) is 1. The van der Waals surface area contributed by atoms with E-state index in [1.54, 1.807) is 5.38 Å². The normalized spacial score (nSPS) is 11.8. The summed E-state index contributed by atoms with van der Waals surface area (Å²) in [5.41, 5.74) is 5.48. The first-order valence-corrected chi connectivity index (χ1v) is 10.3. The number of rotatable bonds is 7. The Morgan fingerprint density at radius 2 is 1.89 bits per heavy atom. The second-order valence-corrected chi connectivity index (χ2v) is 7.91. The molecule has 28 heavy (non-hydrogen) atoms. The molecule has 0 spiro atoms. The lowest BCUT2D eigenvalue weighted by atomic mass is 10.1. The molecule has 0 saturated heterocycles. The molecule has 1 heterocycles. The van der Waals surface area contributed by atoms with Crippen molar-refractivity contribution in [3.05, 3.63) is 59.5 Å². The highest BCUT2D eigenvalue weighted by molar-refractivity contribution is 8.00. The third kappa shape index (κ3) is 4.90. The van der Waals surface area contributed by atoms with Gasteiger partial charge >= 0.3 is 5.97 Å². The average Bonchev–Trinajstić information content (AvgIpc) is 3.14. The average molecular weight is 415 g/mol. The van der Waals surface area contributed by atoms with Crippen molar-refractivity contribution in [3.8, 4) is 0 Å². The van der Waals surface area contributed by atoms with Crippen molar-refractivity contribution < 1.29 is 19.1 Å². The maximum Gasteiger partial charge on any atom is 0.317 e. The van der Waals surface area contributed by atoms with Gasteiger partial charge in [0.25, 0.3) is 11.8 Å². The molecular formula is C20H18N2O4S2. The number of primary amides is 1. The van der Waals surface area contributed by atoms with Gasteiger partial charge in [-0.15, -0.1) is 23.1 Å². The van der Waals surface area contributed by atoms with Crippen molar-refractivity contribution in [1.82, 2.24) is 0 Å². The first-order chi connectivity index (χ1) is 13.4. The van der Waals surface area contributed by atoms with Crippen LogP contribution in [0.3, 0.4) is 0 Å². The minimum atomic E-state index is -0.993. The predicted molar refractivity (Wildman–Crippen MR) is 112 cm³/mol. The van der Waals surface area contributed by atoms with E-state index in [0.717, 1.165) is 15.7 Å². The van der Waals surface area contributed by atoms with Gasteiger partial charge in [-0.05, 0) is 41.3 Å². The van der Waals surface area contributed by atoms with Crippen LogP contribution in [0.5, 0.6) is 0 Å². The molecule has 3 aromatic rings. The summed E-state index contributed by atoms with van der Waals surface area (Å²) in [5, 5.41) is 6.77. The van der Waals surface area contributed by atoms with Gasteiger partial charge < -0.3 is 15.8 Å². The molecular weight excluding hydrogens is 396 g/mol. The molecule has 2 aromatic carbocycles. The Balaban J connectivity index is 1.52. The standard InChI is InChI=1S/C20H18N2O4S2/c1-12(19(25)22-20-16(18(21)24)8-9-27-20)26-17(23)11-28-15-7-6-13-4-2-3-5-14(13)10-15/h2-10,12H,11H2,1H3,(H2,21,24)(H,22,25). The topological polar surface area (TPSA) is 98.5 Å². The van der Waals surface area contributed by atoms with Crippen molar-refractivity contribution in [3.63, 3.8) is 0 Å². The van der Waals surface area contributed by atoms with Gasteiger partial charge in [-0.1, -0.05) is 30.3 Å². The number of nitrogens with two attached hydrogens (primary N) is 1. The fraction of sp³-hybridized carbons (Fsp3) is 0.150. The fourth-order valence-corrected chi connectivity index (χ4v) is 4.02. The molecule has 0 aliphatic heterocycles. The second kappa shape index (κ2) is 8.90. The highest BCUT2D eigenvalue weighted by atomic mass is 32.2. The second-order valence-electron chi connectivity index (χ2n) is 5.95. The number of esters is 1. The Labute approximate surface area is 170 Å². The van der Waals surface area contributed by atoms with Crippen molar-refractivity contribution in [2.24, 2.45) is 5.73 Å². The Kier molecular flexibility index (Phi) is 6.33. The van der Waals surface area contributed by atoms with E-state index < -0.39 is 23.9 Å². The summed E-state index contributed by atoms with van der Waals surface area (Å²) in [6.07, 6.45) is -0.993. The molecule has 8 heteroatoms. The largest absolute Gasteiger partial charge is 0.452 e. The fourth-order valence-electron chi connectivity index (χ4n) is 2.50. The van der Waals surface area contributed by atoms with E-state index in [2.05, 4.69) is 5.32 Å². The molecule has 0 saturated carbocycles. The molecule has 3 rings (SSSR count). The number of amides is 2. The maximum atomic E-state index is 12.2. The summed E-state index contributed by atoms with van der Waals surface area (Å²) in [7, 11) is 0. The van der Waals surface area contributed by atoms with Crippen LogP contribution in [0.25, 0.3) is 10.8 Å². The van der Waals surface area contributed by atoms with Gasteiger partial charge in [0.05, 0.1) is 11.3 Å². The smallest absolute Gasteiger partial charge is 0.317 e. The molecule has 1 aromatic heterocycles. The van der Waals surface area contributed by atoms with Crippen molar-refractivity contribution >= 4 is 56.7 Å². The zero-order chi connectivity index (χ0) is 20.1. The molecule has 6 nitrogen and oxygen atoms in total. The zero-order valence-electron chi connectivity index (χ0n) is 15.0. The first kappa shape index (κ1) is 19.9. The van der Waals surface area contributed by atoms with Crippen LogP contribution >= 0.6 is 23.1 Å². The van der Waals surface area contributed by atoms with E-state index in [1.165, 1.54) is 36.1 Å². The van der Waals surface area contributed by atoms with Gasteiger partial charge in [0.15, 0.2) is 6.10 Å². The van der Waals surface area contributed by atoms with Gasteiger partial charge in [-0.25, -0.2) is 0 Å². The third-order valence-electron chi connectivity index (χ3n) is 3.92. The van der Waals surface area contributed by atoms with E-state index in [4.69, 9.17) is 10.5 Å². The van der Waals surface area contributed by atoms with Gasteiger partial charge in [-0.3, -0.25) is 14.4 Å². The number of anilines is 1. The maximum absolute atomic E-state index is 12.2. The molecule has 2 amide bonds. The van der Waals surface area contributed by atoms with Crippen molar-refractivity contribution in [2.75, 3.05) is 11.1 Å². The molecule has 1 unspecified atom stereocenters. The minimum absolute atomic E-state index is 0.0848. The number of ether oxygens (including phenoxy) is 1. The number of thiophene rings is 1. The molecule has 144 valence electrons. The number of carbonyl (C=O) groups is 3. The van der Waals surface area contributed by atoms with Crippen LogP contribution in [0.15, 0.2) is 58.8 Å². The van der Waals surface area contributed by atoms with E-state index in [-0.39, 0.29) is 11.3 Å². The van der Waals surface area contributed by atoms with E-state index in [9.17, 15) is 14.4 Å². The van der Waals surface area contributed by atoms with E-state index >= 15 is 0 Å². The quantitative estimate of drug-likeness (QED) is 0.454. The summed E-state index contributed by atoms with van der Waals surface area (Å²) < 4.78 is 5.19. The summed E-state index contributed by atoms with van der Waals surface area (Å²) >= 11 is 2.52. The predicted octanol–water partition coefficient (Wildman–Crippen LogP) is 3.66. The molecule has 0 radical (unpaired) electrons. The highest BCUT2D eigenvalue weighted by Gasteiger charge is 2.20. The highest BCUT2D eigenvalue weighted by Crippen LogP contribution is 2.25. The SMILES string of the molecule is CC(OC(=O)CSc1ccc2ccccc2c1)C(=O)Nc1sccc1C(N)=O. The number of carbonyl (C=O) groups excluding carboxylic acids is 3. The Morgan fingerprint density at radius 1 is 1.14 bits per heavy atom. The molecule has 1 atom stereocenters. The number of hydrogen-bond acceptors (Lipinski definition) is 6. The Morgan fingerprint density at radius 3 is 2.64 bits per heavy atom. The third-order valence-corrected chi connectivity index (χ3v) is 5.72. The van der Waals surface area contributed by atoms with Gasteiger partial charge in [0, 0.05) is 4.90 Å². The first-order valence-electron chi connectivity index (χ1n) is 8.43. The van der Waals surface area contributed by atoms with Crippen LogP contribution in [0.2, 0.25) is 0 Å². The molecule has 0 fully saturated rings. The summed E-state index contributed by atoms with van der Waals surface area (Å²) in [5.74, 6) is -1.56. The lowest BCUT2D eigenvalue weighted by Crippen LogP contribution is -2.31. The van der Waals surface area contributed by atoms with E-state index in [0.29, 0.717) is 5.00 Å². The van der Waals surface area contributed by atoms with Crippen molar-refractivity contribution in [1.29, 1.82) is 0 Å². The lowest BCUT2D eigenvalue weighted by Gasteiger charge is -2.13. The molecule has 0 aliphatic rings. The van der Waals surface area contributed by atoms with Gasteiger partial charge in [0.1, 0.15) is 5.00 Å². The number of benzene rings is 2. The number of fused-ring (bicyclic) bond motifs is 1. The van der Waals surface area contributed by atoms with Crippen molar-refractivity contribution in [2.45, 2.75) is 17.9 Å². The van der Waals surface area contributed by atoms with Crippen LogP contribution in [-0.4, -0.2) is 29.6 Å². The van der Waals surface area contributed by atoms with Crippen LogP contribution in [-0.2, 0) is 14.3 Å². The van der Waals surface area contributed by atoms with Gasteiger partial charge in [-0.2, -0.15) is 0 Å². The summed E-state index contributed by atoms with van der Waals surface area (Å²) in [4.78, 5) is 36.5. The van der Waals surface area contributed by atoms with Crippen LogP contribution in [0, 0.1) is 0 Å². The molecule has 3 N–H and O–H groups in total. The van der Waals surface area contributed by atoms with E-state index in [1.807, 2.05) is 42.5 Å². The van der Waals surface area contributed by atoms with Crippen LogP contribution in [0.4, 0.5) is 5.00 Å². The molecule has 0 aliphatic carbocycles. The van der Waals surface area contributed by atoms with Crippen LogP contribution < -0.4 is 11.1 Å². The Bertz CT molecular complexity index is 1030. The Hall–Kier alpha value is -2.84. The zero-order valence-corrected chi connectivity index (χ0v) is 16.6. The number of hydrogen-bond donors (Lipinski definition) is 2. The molecule has 0 bridgehead atoms. The van der Waals surface area contributed by atoms with Gasteiger partial charge in [0.2, 0.25) is 0 Å². The minimum Gasteiger partial charge on any atom is -0.452 e. The lowest BCUT2D eigenvalue weighted by molar-refractivity contribution is -0.150. The monoisotopic (exact) mass is 414 g/mol. The summed E-state index contributed by atoms with van der Waals surface area (Å²) in [6, 6.07) is 15.4. The number of thioether (sulfide) groups is 1. The van der Waals surface area contributed by atoms with Crippen LogP contribution in [0.1, 0.15) is 17.3 Å².